The molecule has 0 unspecified atom stereocenters. The molecule has 2 amide bonds. The van der Waals surface area contributed by atoms with Crippen LogP contribution in [-0.2, 0) is 21.9 Å². The fourth-order valence-electron chi connectivity index (χ4n) is 3.06. The fourth-order valence-corrected chi connectivity index (χ4v) is 3.91. The Morgan fingerprint density at radius 3 is 2.26 bits per heavy atom. The van der Waals surface area contributed by atoms with Crippen LogP contribution >= 0.6 is 11.8 Å². The van der Waals surface area contributed by atoms with Crippen LogP contribution in [0.3, 0.4) is 0 Å². The normalized spacial score (nSPS) is 11.7. The van der Waals surface area contributed by atoms with E-state index in [1.54, 1.807) is 30.6 Å². The monoisotopic (exact) mass is 384 g/mol. The lowest BCUT2D eigenvalue weighted by Crippen LogP contribution is -2.47. The van der Waals surface area contributed by atoms with Crippen molar-refractivity contribution >= 4 is 23.6 Å². The number of carbonyl (C=O) groups excluding carboxylic acids is 2. The Bertz CT molecular complexity index is 757. The lowest BCUT2D eigenvalue weighted by molar-refractivity contribution is -0.138. The molecule has 1 N–H and O–H groups in total. The summed E-state index contributed by atoms with van der Waals surface area (Å²) in [5.74, 6) is 0.950. The second-order valence-electron chi connectivity index (χ2n) is 6.79. The van der Waals surface area contributed by atoms with Gasteiger partial charge < -0.3 is 10.2 Å². The molecule has 0 spiro atoms. The van der Waals surface area contributed by atoms with Gasteiger partial charge in [0.1, 0.15) is 6.04 Å². The van der Waals surface area contributed by atoms with Crippen LogP contribution in [0.4, 0.5) is 0 Å². The molecule has 0 fully saturated rings. The molecular weight excluding hydrogens is 356 g/mol. The highest BCUT2D eigenvalue weighted by atomic mass is 32.2. The summed E-state index contributed by atoms with van der Waals surface area (Å²) >= 11 is 1.58. The van der Waals surface area contributed by atoms with Crippen molar-refractivity contribution in [1.29, 1.82) is 0 Å². The van der Waals surface area contributed by atoms with E-state index in [1.165, 1.54) is 16.7 Å². The smallest absolute Gasteiger partial charge is 0.242 e. The number of amides is 2. The molecule has 2 aromatic carbocycles. The van der Waals surface area contributed by atoms with Gasteiger partial charge in [0.25, 0.3) is 0 Å². The van der Waals surface area contributed by atoms with E-state index in [1.807, 2.05) is 30.3 Å². The molecule has 4 nitrogen and oxygen atoms in total. The van der Waals surface area contributed by atoms with E-state index in [0.717, 1.165) is 11.3 Å². The molecule has 0 aromatic heterocycles. The minimum Gasteiger partial charge on any atom is -0.357 e. The van der Waals surface area contributed by atoms with Gasteiger partial charge in [-0.05, 0) is 31.9 Å². The predicted molar refractivity (Wildman–Crippen MR) is 113 cm³/mol. The molecule has 2 aromatic rings. The van der Waals surface area contributed by atoms with E-state index < -0.39 is 6.04 Å². The maximum Gasteiger partial charge on any atom is 0.242 e. The van der Waals surface area contributed by atoms with E-state index in [2.05, 4.69) is 37.4 Å². The topological polar surface area (TPSA) is 49.4 Å². The third-order valence-corrected chi connectivity index (χ3v) is 5.37. The van der Waals surface area contributed by atoms with Gasteiger partial charge in [0, 0.05) is 19.3 Å². The first kappa shape index (κ1) is 21.0. The molecule has 0 saturated carbocycles. The molecule has 5 heteroatoms. The highest BCUT2D eigenvalue weighted by molar-refractivity contribution is 7.99. The summed E-state index contributed by atoms with van der Waals surface area (Å²) in [6, 6.07) is 15.7. The lowest BCUT2D eigenvalue weighted by Gasteiger charge is -2.28. The molecule has 0 radical (unpaired) electrons. The van der Waals surface area contributed by atoms with Crippen molar-refractivity contribution in [2.24, 2.45) is 0 Å². The lowest BCUT2D eigenvalue weighted by atomic mass is 10.1. The van der Waals surface area contributed by atoms with Crippen LogP contribution in [0.2, 0.25) is 0 Å². The Balaban J connectivity index is 2.02. The van der Waals surface area contributed by atoms with E-state index >= 15 is 0 Å². The zero-order chi connectivity index (χ0) is 19.8. The third kappa shape index (κ3) is 6.43. The Kier molecular flexibility index (Phi) is 7.92. The van der Waals surface area contributed by atoms with Gasteiger partial charge in [0.05, 0.1) is 5.75 Å². The summed E-state index contributed by atoms with van der Waals surface area (Å²) in [6.07, 6.45) is 0. The summed E-state index contributed by atoms with van der Waals surface area (Å²) in [5.41, 5.74) is 4.70. The Labute approximate surface area is 166 Å². The van der Waals surface area contributed by atoms with E-state index in [4.69, 9.17) is 0 Å². The SMILES string of the molecule is CNC(=O)[C@@H](C)N(Cc1ccccc1)C(=O)CSCc1cc(C)cc(C)c1. The fraction of sp³-hybridized carbons (Fsp3) is 0.364. The van der Waals surface area contributed by atoms with E-state index in [-0.39, 0.29) is 11.8 Å². The van der Waals surface area contributed by atoms with Crippen LogP contribution in [0.5, 0.6) is 0 Å². The molecule has 0 heterocycles. The maximum absolute atomic E-state index is 12.9. The van der Waals surface area contributed by atoms with Gasteiger partial charge in [-0.2, -0.15) is 0 Å². The molecular formula is C22H28N2O2S. The predicted octanol–water partition coefficient (Wildman–Crippen LogP) is 3.70. The van der Waals surface area contributed by atoms with Gasteiger partial charge >= 0.3 is 0 Å². The first-order valence-electron chi connectivity index (χ1n) is 9.10. The van der Waals surface area contributed by atoms with Crippen LogP contribution in [-0.4, -0.2) is 35.6 Å². The second-order valence-corrected chi connectivity index (χ2v) is 7.77. The summed E-state index contributed by atoms with van der Waals surface area (Å²) < 4.78 is 0. The van der Waals surface area contributed by atoms with Gasteiger partial charge in [-0.1, -0.05) is 59.7 Å². The van der Waals surface area contributed by atoms with Crippen molar-refractivity contribution in [2.45, 2.75) is 39.1 Å². The van der Waals surface area contributed by atoms with Crippen molar-refractivity contribution in [2.75, 3.05) is 12.8 Å². The van der Waals surface area contributed by atoms with Gasteiger partial charge in [-0.3, -0.25) is 9.59 Å². The number of hydrogen-bond acceptors (Lipinski definition) is 3. The van der Waals surface area contributed by atoms with Crippen LogP contribution in [0.1, 0.15) is 29.2 Å². The minimum absolute atomic E-state index is 0.0238. The second kappa shape index (κ2) is 10.2. The third-order valence-electron chi connectivity index (χ3n) is 4.39. The number of nitrogens with zero attached hydrogens (tertiary/aromatic N) is 1. The number of rotatable bonds is 8. The van der Waals surface area contributed by atoms with Gasteiger partial charge in [-0.15, -0.1) is 11.8 Å². The number of benzene rings is 2. The highest BCUT2D eigenvalue weighted by Gasteiger charge is 2.25. The van der Waals surface area contributed by atoms with E-state index in [9.17, 15) is 9.59 Å². The number of hydrogen-bond donors (Lipinski definition) is 1. The number of thioether (sulfide) groups is 1. The Hall–Kier alpha value is -2.27. The number of carbonyl (C=O) groups is 2. The number of aryl methyl sites for hydroxylation is 2. The van der Waals surface area contributed by atoms with Crippen LogP contribution in [0.15, 0.2) is 48.5 Å². The summed E-state index contributed by atoms with van der Waals surface area (Å²) in [7, 11) is 1.60. The molecule has 0 aliphatic rings. The van der Waals surface area contributed by atoms with E-state index in [0.29, 0.717) is 12.3 Å². The van der Waals surface area contributed by atoms with Gasteiger partial charge in [-0.25, -0.2) is 0 Å². The van der Waals surface area contributed by atoms with Crippen LogP contribution < -0.4 is 5.32 Å². The number of nitrogens with one attached hydrogen (secondary N) is 1. The molecule has 0 saturated heterocycles. The minimum atomic E-state index is -0.510. The standard InChI is InChI=1S/C22H28N2O2S/c1-16-10-17(2)12-20(11-16)14-27-15-21(25)24(18(3)22(26)23-4)13-19-8-6-5-7-9-19/h5-12,18H,13-15H2,1-4H3,(H,23,26)/t18-/m1/s1. The maximum atomic E-state index is 12.9. The van der Waals surface area contributed by atoms with Gasteiger partial charge in [0.15, 0.2) is 0 Å². The zero-order valence-electron chi connectivity index (χ0n) is 16.5. The van der Waals surface area contributed by atoms with Crippen LogP contribution in [0.25, 0.3) is 0 Å². The highest BCUT2D eigenvalue weighted by Crippen LogP contribution is 2.18. The van der Waals surface area contributed by atoms with Crippen molar-refractivity contribution in [3.05, 3.63) is 70.8 Å². The van der Waals surface area contributed by atoms with Crippen molar-refractivity contribution in [1.82, 2.24) is 10.2 Å². The molecule has 0 bridgehead atoms. The number of likely N-dealkylation sites (N-methyl/N-ethyl adjacent to an activating group) is 1. The van der Waals surface area contributed by atoms with Crippen molar-refractivity contribution in [3.8, 4) is 0 Å². The summed E-state index contributed by atoms with van der Waals surface area (Å²) in [6.45, 7) is 6.37. The molecule has 27 heavy (non-hydrogen) atoms. The molecule has 2 rings (SSSR count). The van der Waals surface area contributed by atoms with Crippen molar-refractivity contribution in [3.63, 3.8) is 0 Å². The average molecular weight is 385 g/mol. The Morgan fingerprint density at radius 1 is 1.04 bits per heavy atom. The Morgan fingerprint density at radius 2 is 1.67 bits per heavy atom. The first-order valence-corrected chi connectivity index (χ1v) is 10.3. The summed E-state index contributed by atoms with van der Waals surface area (Å²) in [4.78, 5) is 26.6. The molecule has 0 aliphatic heterocycles. The van der Waals surface area contributed by atoms with Crippen LogP contribution in [0, 0.1) is 13.8 Å². The zero-order valence-corrected chi connectivity index (χ0v) is 17.3. The molecule has 1 atom stereocenters. The first-order chi connectivity index (χ1) is 12.9. The quantitative estimate of drug-likeness (QED) is 0.755. The van der Waals surface area contributed by atoms with Gasteiger partial charge in [0.2, 0.25) is 11.8 Å². The summed E-state index contributed by atoms with van der Waals surface area (Å²) in [5, 5.41) is 2.64. The largest absolute Gasteiger partial charge is 0.357 e. The average Bonchev–Trinajstić information content (AvgIpc) is 2.64. The molecule has 0 aliphatic carbocycles. The van der Waals surface area contributed by atoms with Crippen molar-refractivity contribution < 1.29 is 9.59 Å². The molecule has 144 valence electrons.